The number of urea groups is 1. The molecule has 0 radical (unpaired) electrons. The van der Waals surface area contributed by atoms with Gasteiger partial charge in [-0.15, -0.1) is 0 Å². The molecule has 1 N–H and O–H groups in total. The number of aldehydes is 1. The number of hydrazone groups is 1. The zero-order chi connectivity index (χ0) is 30.1. The smallest absolute Gasteiger partial charge is 0.413 e. The first-order valence-corrected chi connectivity index (χ1v) is 12.4. The normalized spacial score (nSPS) is 13.0. The van der Waals surface area contributed by atoms with E-state index in [9.17, 15) is 34.1 Å². The number of rotatable bonds is 12. The Hall–Kier alpha value is -5.86. The highest BCUT2D eigenvalue weighted by Gasteiger charge is 2.37. The largest absolute Gasteiger partial charge is 0.461 e. The van der Waals surface area contributed by atoms with Crippen LogP contribution in [0.15, 0.2) is 70.2 Å². The second-order valence-corrected chi connectivity index (χ2v) is 8.66. The molecule has 0 bridgehead atoms. The van der Waals surface area contributed by atoms with Crippen molar-refractivity contribution in [3.63, 3.8) is 0 Å². The van der Waals surface area contributed by atoms with Crippen molar-refractivity contribution in [1.82, 2.24) is 9.91 Å². The number of nitro groups is 1. The number of hydrogen-bond acceptors (Lipinski definition) is 11. The minimum Gasteiger partial charge on any atom is -0.461 e. The van der Waals surface area contributed by atoms with Crippen LogP contribution in [0.25, 0.3) is 11.3 Å². The highest BCUT2D eigenvalue weighted by Crippen LogP contribution is 2.24. The number of non-ortho nitro benzene ring substituents is 1. The van der Waals surface area contributed by atoms with Crippen LogP contribution in [0.2, 0.25) is 0 Å². The Morgan fingerprint density at radius 3 is 2.48 bits per heavy atom. The number of benzene rings is 2. The maximum atomic E-state index is 12.6. The lowest BCUT2D eigenvalue weighted by Gasteiger charge is -2.14. The van der Waals surface area contributed by atoms with Crippen LogP contribution < -0.4 is 5.32 Å². The van der Waals surface area contributed by atoms with E-state index in [1.165, 1.54) is 30.5 Å². The lowest BCUT2D eigenvalue weighted by Crippen LogP contribution is -2.35. The standard InChI is InChI=1S/C27H23N5O10/c33-13-1-2-25(35)40-16-18-3-7-20(8-4-18)29-26(36)41-17-30-24(34)15-31(27(30)37)28-14-22-11-12-23(42-22)19-5-9-21(10-6-19)32(38)39/h3-14H,1-2,15-17H2,(H,29,36)/b28-14+. The summed E-state index contributed by atoms with van der Waals surface area (Å²) in [6.07, 6.45) is 1.03. The van der Waals surface area contributed by atoms with Crippen LogP contribution in [0.1, 0.15) is 24.2 Å². The first-order chi connectivity index (χ1) is 20.2. The van der Waals surface area contributed by atoms with Gasteiger partial charge in [0.05, 0.1) is 17.6 Å². The Labute approximate surface area is 237 Å². The molecule has 2 aromatic carbocycles. The predicted octanol–water partition coefficient (Wildman–Crippen LogP) is 3.68. The lowest BCUT2D eigenvalue weighted by molar-refractivity contribution is -0.384. The van der Waals surface area contributed by atoms with Gasteiger partial charge in [-0.3, -0.25) is 25.0 Å². The van der Waals surface area contributed by atoms with Gasteiger partial charge in [0.2, 0.25) is 0 Å². The maximum Gasteiger partial charge on any atom is 0.413 e. The van der Waals surface area contributed by atoms with Gasteiger partial charge >= 0.3 is 18.1 Å². The number of hydrogen-bond donors (Lipinski definition) is 1. The third-order valence-corrected chi connectivity index (χ3v) is 5.74. The van der Waals surface area contributed by atoms with E-state index in [1.54, 1.807) is 36.4 Å². The molecule has 0 unspecified atom stereocenters. The molecule has 2 heterocycles. The molecular weight excluding hydrogens is 554 g/mol. The van der Waals surface area contributed by atoms with Gasteiger partial charge in [0.1, 0.15) is 31.0 Å². The van der Waals surface area contributed by atoms with Crippen molar-refractivity contribution < 1.29 is 42.8 Å². The number of nitro benzene ring substituents is 1. The third kappa shape index (κ3) is 7.62. The van der Waals surface area contributed by atoms with Crippen molar-refractivity contribution in [3.05, 3.63) is 82.1 Å². The van der Waals surface area contributed by atoms with Gasteiger partial charge in [0.15, 0.2) is 6.73 Å². The molecule has 42 heavy (non-hydrogen) atoms. The van der Waals surface area contributed by atoms with Crippen LogP contribution in [-0.2, 0) is 30.5 Å². The van der Waals surface area contributed by atoms with Crippen LogP contribution in [0, 0.1) is 10.1 Å². The summed E-state index contributed by atoms with van der Waals surface area (Å²) in [4.78, 5) is 69.9. The number of imide groups is 1. The van der Waals surface area contributed by atoms with E-state index in [2.05, 4.69) is 10.4 Å². The molecule has 15 nitrogen and oxygen atoms in total. The van der Waals surface area contributed by atoms with Gasteiger partial charge in [-0.1, -0.05) is 12.1 Å². The molecule has 1 aromatic heterocycles. The molecule has 3 aromatic rings. The molecular formula is C27H23N5O10. The molecule has 4 amide bonds. The van der Waals surface area contributed by atoms with Crippen molar-refractivity contribution in [2.24, 2.45) is 5.10 Å². The quantitative estimate of drug-likeness (QED) is 0.0829. The zero-order valence-corrected chi connectivity index (χ0v) is 21.8. The van der Waals surface area contributed by atoms with Gasteiger partial charge in [-0.25, -0.2) is 19.5 Å². The van der Waals surface area contributed by atoms with E-state index >= 15 is 0 Å². The number of ether oxygens (including phenoxy) is 2. The van der Waals surface area contributed by atoms with Crippen molar-refractivity contribution in [2.45, 2.75) is 19.4 Å². The molecule has 216 valence electrons. The van der Waals surface area contributed by atoms with Gasteiger partial charge in [0, 0.05) is 29.8 Å². The van der Waals surface area contributed by atoms with Crippen LogP contribution in [-0.4, -0.2) is 64.6 Å². The van der Waals surface area contributed by atoms with Crippen molar-refractivity contribution in [3.8, 4) is 11.3 Å². The van der Waals surface area contributed by atoms with Gasteiger partial charge in [-0.05, 0) is 42.0 Å². The lowest BCUT2D eigenvalue weighted by atomic mass is 10.1. The summed E-state index contributed by atoms with van der Waals surface area (Å²) in [6, 6.07) is 14.4. The minimum absolute atomic E-state index is 0.00144. The second-order valence-electron chi connectivity index (χ2n) is 8.66. The molecule has 4 rings (SSSR count). The molecule has 1 aliphatic heterocycles. The Morgan fingerprint density at radius 1 is 1.05 bits per heavy atom. The van der Waals surface area contributed by atoms with Crippen LogP contribution >= 0.6 is 0 Å². The van der Waals surface area contributed by atoms with E-state index in [0.29, 0.717) is 33.8 Å². The van der Waals surface area contributed by atoms with E-state index in [0.717, 1.165) is 5.01 Å². The Bertz CT molecular complexity index is 1510. The summed E-state index contributed by atoms with van der Waals surface area (Å²) in [5.41, 5.74) is 1.54. The summed E-state index contributed by atoms with van der Waals surface area (Å²) < 4.78 is 15.7. The fourth-order valence-electron chi connectivity index (χ4n) is 3.57. The number of carbonyl (C=O) groups excluding carboxylic acids is 5. The number of anilines is 1. The highest BCUT2D eigenvalue weighted by atomic mass is 16.6. The molecule has 1 saturated heterocycles. The van der Waals surface area contributed by atoms with Gasteiger partial charge in [0.25, 0.3) is 11.6 Å². The monoisotopic (exact) mass is 577 g/mol. The molecule has 0 aliphatic carbocycles. The molecule has 1 aliphatic rings. The third-order valence-electron chi connectivity index (χ3n) is 5.74. The zero-order valence-electron chi connectivity index (χ0n) is 21.8. The SMILES string of the molecule is O=CCCC(=O)OCc1ccc(NC(=O)OCN2C(=O)CN(/N=C/c3ccc(-c4ccc([N+](=O)[O-])cc4)o3)C2=O)cc1. The summed E-state index contributed by atoms with van der Waals surface area (Å²) in [6.45, 7) is -1.02. The van der Waals surface area contributed by atoms with Gasteiger partial charge in [-0.2, -0.15) is 5.10 Å². The molecule has 15 heteroatoms. The average Bonchev–Trinajstić information content (AvgIpc) is 3.57. The Morgan fingerprint density at radius 2 is 1.79 bits per heavy atom. The maximum absolute atomic E-state index is 12.6. The highest BCUT2D eigenvalue weighted by molar-refractivity contribution is 6.02. The number of nitrogens with zero attached hydrogens (tertiary/aromatic N) is 4. The fourth-order valence-corrected chi connectivity index (χ4v) is 3.57. The van der Waals surface area contributed by atoms with Crippen molar-refractivity contribution in [2.75, 3.05) is 18.6 Å². The molecule has 0 saturated carbocycles. The summed E-state index contributed by atoms with van der Waals surface area (Å²) in [7, 11) is 0. The topological polar surface area (TPSA) is 191 Å². The average molecular weight is 578 g/mol. The number of nitrogens with one attached hydrogen (secondary N) is 1. The van der Waals surface area contributed by atoms with Crippen LogP contribution in [0.4, 0.5) is 21.0 Å². The predicted molar refractivity (Wildman–Crippen MR) is 144 cm³/mol. The number of carbonyl (C=O) groups is 5. The van der Waals surface area contributed by atoms with E-state index in [1.807, 2.05) is 0 Å². The fraction of sp³-hybridized carbons (Fsp3) is 0.185. The number of amides is 4. The van der Waals surface area contributed by atoms with Crippen molar-refractivity contribution >= 4 is 47.9 Å². The Balaban J connectivity index is 1.24. The number of esters is 1. The van der Waals surface area contributed by atoms with Crippen LogP contribution in [0.3, 0.4) is 0 Å². The number of furan rings is 1. The Kier molecular flexibility index (Phi) is 9.34. The van der Waals surface area contributed by atoms with E-state index < -0.39 is 35.7 Å². The first kappa shape index (κ1) is 29.1. The second kappa shape index (κ2) is 13.5. The van der Waals surface area contributed by atoms with Crippen LogP contribution in [0.5, 0.6) is 0 Å². The molecule has 0 atom stereocenters. The van der Waals surface area contributed by atoms with Gasteiger partial charge < -0.3 is 18.7 Å². The van der Waals surface area contributed by atoms with Crippen molar-refractivity contribution in [1.29, 1.82) is 0 Å². The molecule has 0 spiro atoms. The first-order valence-electron chi connectivity index (χ1n) is 12.4. The summed E-state index contributed by atoms with van der Waals surface area (Å²) in [5.74, 6) is -0.457. The molecule has 1 fully saturated rings. The van der Waals surface area contributed by atoms with E-state index in [4.69, 9.17) is 13.9 Å². The van der Waals surface area contributed by atoms with E-state index in [-0.39, 0.29) is 37.4 Å². The summed E-state index contributed by atoms with van der Waals surface area (Å²) in [5, 5.41) is 18.1. The minimum atomic E-state index is -0.917. The summed E-state index contributed by atoms with van der Waals surface area (Å²) >= 11 is 0.